The first-order valence-electron chi connectivity index (χ1n) is 3.76. The van der Waals surface area contributed by atoms with Gasteiger partial charge in [-0.1, -0.05) is 5.21 Å². The third kappa shape index (κ3) is 1.40. The molecule has 0 saturated heterocycles. The summed E-state index contributed by atoms with van der Waals surface area (Å²) in [5.41, 5.74) is 0.434. The lowest BCUT2D eigenvalue weighted by Crippen LogP contribution is -2.10. The van der Waals surface area contributed by atoms with Gasteiger partial charge in [0.15, 0.2) is 0 Å². The number of nitrogens with zero attached hydrogens (tertiary/aromatic N) is 3. The van der Waals surface area contributed by atoms with Crippen molar-refractivity contribution < 1.29 is 5.11 Å². The van der Waals surface area contributed by atoms with Gasteiger partial charge in [-0.2, -0.15) is 0 Å². The molecular weight excluding hydrogens is 142 g/mol. The molecular formula is C7H11N3O. The summed E-state index contributed by atoms with van der Waals surface area (Å²) in [6.07, 6.45) is 4.31. The van der Waals surface area contributed by atoms with Crippen LogP contribution >= 0.6 is 0 Å². The SMILES string of the molecule is Cn1cc(CC2(O)CC2)nn1. The zero-order valence-corrected chi connectivity index (χ0v) is 6.49. The standard InChI is InChI=1S/C7H11N3O/c1-10-5-6(8-9-10)4-7(11)2-3-7/h5,11H,2-4H2,1H3. The Morgan fingerprint density at radius 2 is 2.45 bits per heavy atom. The number of hydrogen-bond acceptors (Lipinski definition) is 3. The normalized spacial score (nSPS) is 20.2. The first kappa shape index (κ1) is 6.79. The van der Waals surface area contributed by atoms with E-state index in [9.17, 15) is 5.11 Å². The predicted octanol–water partition coefficient (Wildman–Crippen LogP) is -0.118. The molecule has 11 heavy (non-hydrogen) atoms. The maximum absolute atomic E-state index is 9.51. The van der Waals surface area contributed by atoms with Crippen LogP contribution in [0.1, 0.15) is 18.5 Å². The molecule has 1 aliphatic carbocycles. The fraction of sp³-hybridized carbons (Fsp3) is 0.714. The van der Waals surface area contributed by atoms with E-state index in [0.29, 0.717) is 6.42 Å². The van der Waals surface area contributed by atoms with Gasteiger partial charge >= 0.3 is 0 Å². The number of aromatic nitrogens is 3. The molecule has 2 rings (SSSR count). The van der Waals surface area contributed by atoms with Crippen LogP contribution in [0.4, 0.5) is 0 Å². The largest absolute Gasteiger partial charge is 0.389 e. The lowest BCUT2D eigenvalue weighted by molar-refractivity contribution is 0.149. The van der Waals surface area contributed by atoms with Gasteiger partial charge in [0.1, 0.15) is 0 Å². The molecule has 0 unspecified atom stereocenters. The predicted molar refractivity (Wildman–Crippen MR) is 38.9 cm³/mol. The lowest BCUT2D eigenvalue weighted by Gasteiger charge is -2.01. The molecule has 0 aromatic carbocycles. The van der Waals surface area contributed by atoms with E-state index in [2.05, 4.69) is 10.3 Å². The van der Waals surface area contributed by atoms with Crippen molar-refractivity contribution >= 4 is 0 Å². The number of hydrogen-bond donors (Lipinski definition) is 1. The van der Waals surface area contributed by atoms with Crippen LogP contribution < -0.4 is 0 Å². The van der Waals surface area contributed by atoms with Crippen molar-refractivity contribution in [1.82, 2.24) is 15.0 Å². The van der Waals surface area contributed by atoms with Crippen LogP contribution in [-0.2, 0) is 13.5 Å². The Balaban J connectivity index is 2.06. The van der Waals surface area contributed by atoms with Gasteiger partial charge < -0.3 is 5.11 Å². The van der Waals surface area contributed by atoms with Gasteiger partial charge in [-0.25, -0.2) is 0 Å². The zero-order chi connectivity index (χ0) is 7.90. The molecule has 1 aliphatic rings. The highest BCUT2D eigenvalue weighted by Gasteiger charge is 2.40. The van der Waals surface area contributed by atoms with E-state index in [1.54, 1.807) is 4.68 Å². The summed E-state index contributed by atoms with van der Waals surface area (Å²) in [6, 6.07) is 0. The van der Waals surface area contributed by atoms with Crippen LogP contribution in [0.2, 0.25) is 0 Å². The highest BCUT2D eigenvalue weighted by atomic mass is 16.3. The zero-order valence-electron chi connectivity index (χ0n) is 6.49. The summed E-state index contributed by atoms with van der Waals surface area (Å²) < 4.78 is 1.65. The van der Waals surface area contributed by atoms with Crippen LogP contribution in [0.25, 0.3) is 0 Å². The van der Waals surface area contributed by atoms with Gasteiger partial charge in [-0.05, 0) is 12.8 Å². The Hall–Kier alpha value is -0.900. The topological polar surface area (TPSA) is 50.9 Å². The Labute approximate surface area is 64.8 Å². The van der Waals surface area contributed by atoms with Gasteiger partial charge in [0.25, 0.3) is 0 Å². The first-order valence-corrected chi connectivity index (χ1v) is 3.76. The molecule has 0 bridgehead atoms. The molecule has 60 valence electrons. The molecule has 4 heteroatoms. The average molecular weight is 153 g/mol. The second kappa shape index (κ2) is 2.04. The molecule has 0 amide bonds. The van der Waals surface area contributed by atoms with Crippen LogP contribution in [0.3, 0.4) is 0 Å². The molecule has 4 nitrogen and oxygen atoms in total. The van der Waals surface area contributed by atoms with E-state index in [-0.39, 0.29) is 0 Å². The van der Waals surface area contributed by atoms with Gasteiger partial charge in [0, 0.05) is 19.7 Å². The molecule has 0 atom stereocenters. The van der Waals surface area contributed by atoms with Crippen molar-refractivity contribution in [1.29, 1.82) is 0 Å². The van der Waals surface area contributed by atoms with Crippen LogP contribution in [0.15, 0.2) is 6.20 Å². The van der Waals surface area contributed by atoms with E-state index in [0.717, 1.165) is 18.5 Å². The van der Waals surface area contributed by atoms with Crippen molar-refractivity contribution in [2.75, 3.05) is 0 Å². The summed E-state index contributed by atoms with van der Waals surface area (Å²) in [5, 5.41) is 17.2. The Bertz CT molecular complexity index is 264. The molecule has 1 N–H and O–H groups in total. The fourth-order valence-electron chi connectivity index (χ4n) is 1.13. The van der Waals surface area contributed by atoms with Crippen molar-refractivity contribution in [3.63, 3.8) is 0 Å². The number of rotatable bonds is 2. The maximum Gasteiger partial charge on any atom is 0.0855 e. The average Bonchev–Trinajstić information content (AvgIpc) is 2.49. The highest BCUT2D eigenvalue weighted by molar-refractivity contribution is 5.05. The first-order chi connectivity index (χ1) is 5.18. The van der Waals surface area contributed by atoms with Gasteiger partial charge in [0.05, 0.1) is 11.3 Å². The third-order valence-electron chi connectivity index (χ3n) is 1.99. The molecule has 0 aliphatic heterocycles. The maximum atomic E-state index is 9.51. The minimum Gasteiger partial charge on any atom is -0.389 e. The summed E-state index contributed by atoms with van der Waals surface area (Å²) in [5.74, 6) is 0. The Morgan fingerprint density at radius 1 is 1.73 bits per heavy atom. The molecule has 0 spiro atoms. The Kier molecular flexibility index (Phi) is 1.26. The van der Waals surface area contributed by atoms with E-state index in [1.807, 2.05) is 13.2 Å². The summed E-state index contributed by atoms with van der Waals surface area (Å²) >= 11 is 0. The van der Waals surface area contributed by atoms with Gasteiger partial charge in [-0.15, -0.1) is 5.10 Å². The van der Waals surface area contributed by atoms with E-state index in [4.69, 9.17) is 0 Å². The van der Waals surface area contributed by atoms with E-state index in [1.165, 1.54) is 0 Å². The monoisotopic (exact) mass is 153 g/mol. The Morgan fingerprint density at radius 3 is 2.91 bits per heavy atom. The minimum atomic E-state index is -0.448. The number of aliphatic hydroxyl groups is 1. The smallest absolute Gasteiger partial charge is 0.0855 e. The van der Waals surface area contributed by atoms with Crippen molar-refractivity contribution in [3.8, 4) is 0 Å². The molecule has 1 aromatic heterocycles. The second-order valence-electron chi connectivity index (χ2n) is 3.28. The minimum absolute atomic E-state index is 0.448. The quantitative estimate of drug-likeness (QED) is 0.644. The second-order valence-corrected chi connectivity index (χ2v) is 3.28. The fourth-order valence-corrected chi connectivity index (χ4v) is 1.13. The highest BCUT2D eigenvalue weighted by Crippen LogP contribution is 2.37. The van der Waals surface area contributed by atoms with E-state index < -0.39 is 5.60 Å². The van der Waals surface area contributed by atoms with Gasteiger partial charge in [0.2, 0.25) is 0 Å². The molecule has 0 radical (unpaired) electrons. The molecule has 1 fully saturated rings. The van der Waals surface area contributed by atoms with Gasteiger partial charge in [-0.3, -0.25) is 4.68 Å². The van der Waals surface area contributed by atoms with Crippen molar-refractivity contribution in [2.24, 2.45) is 7.05 Å². The van der Waals surface area contributed by atoms with Crippen molar-refractivity contribution in [3.05, 3.63) is 11.9 Å². The number of aryl methyl sites for hydroxylation is 1. The summed E-state index contributed by atoms with van der Waals surface area (Å²) in [7, 11) is 1.83. The van der Waals surface area contributed by atoms with E-state index >= 15 is 0 Å². The lowest BCUT2D eigenvalue weighted by atomic mass is 10.2. The van der Waals surface area contributed by atoms with Crippen LogP contribution in [-0.4, -0.2) is 25.7 Å². The van der Waals surface area contributed by atoms with Crippen LogP contribution in [0.5, 0.6) is 0 Å². The molecule has 1 heterocycles. The summed E-state index contributed by atoms with van der Waals surface area (Å²) in [4.78, 5) is 0. The molecule has 1 aromatic rings. The van der Waals surface area contributed by atoms with Crippen LogP contribution in [0, 0.1) is 0 Å². The third-order valence-corrected chi connectivity index (χ3v) is 1.99. The molecule has 1 saturated carbocycles. The van der Waals surface area contributed by atoms with Crippen molar-refractivity contribution in [2.45, 2.75) is 24.9 Å². The summed E-state index contributed by atoms with van der Waals surface area (Å²) in [6.45, 7) is 0.